The van der Waals surface area contributed by atoms with E-state index in [1.807, 2.05) is 42.6 Å². The van der Waals surface area contributed by atoms with Gasteiger partial charge in [-0.05, 0) is 35.8 Å². The molecule has 0 spiro atoms. The van der Waals surface area contributed by atoms with Crippen molar-refractivity contribution in [1.82, 2.24) is 10.6 Å². The first-order valence-electron chi connectivity index (χ1n) is 10.1. The summed E-state index contributed by atoms with van der Waals surface area (Å²) in [5.41, 5.74) is 7.31. The molecule has 156 valence electrons. The standard InChI is InChI=1S/C23H31N3O2S/c1-3-13-25-22(27)12-11-21(17(2)15-18-8-5-4-6-9-18)26-23(28)20(24)16-19-10-7-14-29-19/h4-12,14,17,20-21H,3,13,15-16,24H2,1-2H3,(H,25,27)(H,26,28)/b12-11+/t17?,20-,21+/m0/s1. The van der Waals surface area contributed by atoms with Crippen molar-refractivity contribution in [2.75, 3.05) is 6.54 Å². The van der Waals surface area contributed by atoms with Crippen LogP contribution in [0.1, 0.15) is 30.7 Å². The molecule has 29 heavy (non-hydrogen) atoms. The van der Waals surface area contributed by atoms with Crippen molar-refractivity contribution in [3.63, 3.8) is 0 Å². The van der Waals surface area contributed by atoms with Gasteiger partial charge in [-0.1, -0.05) is 56.3 Å². The minimum atomic E-state index is -0.623. The zero-order valence-corrected chi connectivity index (χ0v) is 18.0. The van der Waals surface area contributed by atoms with E-state index in [9.17, 15) is 9.59 Å². The van der Waals surface area contributed by atoms with E-state index < -0.39 is 6.04 Å². The van der Waals surface area contributed by atoms with E-state index in [1.54, 1.807) is 17.4 Å². The minimum Gasteiger partial charge on any atom is -0.353 e. The van der Waals surface area contributed by atoms with Crippen LogP contribution < -0.4 is 16.4 Å². The first-order valence-corrected chi connectivity index (χ1v) is 11.0. The predicted octanol–water partition coefficient (Wildman–Crippen LogP) is 3.06. The van der Waals surface area contributed by atoms with E-state index >= 15 is 0 Å². The highest BCUT2D eigenvalue weighted by atomic mass is 32.1. The van der Waals surface area contributed by atoms with Crippen molar-refractivity contribution in [1.29, 1.82) is 0 Å². The molecule has 5 nitrogen and oxygen atoms in total. The Balaban J connectivity index is 2.04. The van der Waals surface area contributed by atoms with E-state index in [1.165, 1.54) is 11.6 Å². The summed E-state index contributed by atoms with van der Waals surface area (Å²) in [6.07, 6.45) is 5.44. The predicted molar refractivity (Wildman–Crippen MR) is 120 cm³/mol. The van der Waals surface area contributed by atoms with E-state index in [2.05, 4.69) is 29.7 Å². The third-order valence-electron chi connectivity index (χ3n) is 4.66. The molecule has 4 N–H and O–H groups in total. The number of carbonyl (C=O) groups excluding carboxylic acids is 2. The monoisotopic (exact) mass is 413 g/mol. The van der Waals surface area contributed by atoms with Crippen LogP contribution in [0.15, 0.2) is 60.0 Å². The molecule has 2 rings (SSSR count). The molecule has 2 aromatic rings. The van der Waals surface area contributed by atoms with Gasteiger partial charge < -0.3 is 16.4 Å². The molecule has 0 aliphatic rings. The number of carbonyl (C=O) groups is 2. The summed E-state index contributed by atoms with van der Waals surface area (Å²) in [6.45, 7) is 4.70. The summed E-state index contributed by atoms with van der Waals surface area (Å²) in [5.74, 6) is -0.256. The molecule has 0 saturated carbocycles. The summed E-state index contributed by atoms with van der Waals surface area (Å²) < 4.78 is 0. The zero-order valence-electron chi connectivity index (χ0n) is 17.1. The molecule has 1 aromatic heterocycles. The molecule has 1 unspecified atom stereocenters. The molecular weight excluding hydrogens is 382 g/mol. The summed E-state index contributed by atoms with van der Waals surface area (Å²) >= 11 is 1.59. The normalized spacial score (nSPS) is 14.3. The highest BCUT2D eigenvalue weighted by Crippen LogP contribution is 2.15. The van der Waals surface area contributed by atoms with Crippen molar-refractivity contribution >= 4 is 23.2 Å². The number of hydrogen-bond acceptors (Lipinski definition) is 4. The fourth-order valence-electron chi connectivity index (χ4n) is 3.00. The van der Waals surface area contributed by atoms with Gasteiger partial charge in [0.2, 0.25) is 11.8 Å². The zero-order chi connectivity index (χ0) is 21.1. The molecular formula is C23H31N3O2S. The summed E-state index contributed by atoms with van der Waals surface area (Å²) in [5, 5.41) is 7.83. The Hall–Kier alpha value is -2.44. The van der Waals surface area contributed by atoms with Crippen LogP contribution in [0.4, 0.5) is 0 Å². The molecule has 0 fully saturated rings. The second-order valence-electron chi connectivity index (χ2n) is 7.24. The lowest BCUT2D eigenvalue weighted by atomic mass is 9.93. The topological polar surface area (TPSA) is 84.2 Å². The van der Waals surface area contributed by atoms with Crippen LogP contribution in [0.5, 0.6) is 0 Å². The number of nitrogens with one attached hydrogen (secondary N) is 2. The van der Waals surface area contributed by atoms with E-state index in [-0.39, 0.29) is 23.8 Å². The second-order valence-corrected chi connectivity index (χ2v) is 8.27. The molecule has 0 radical (unpaired) electrons. The lowest BCUT2D eigenvalue weighted by Gasteiger charge is -2.24. The number of hydrogen-bond donors (Lipinski definition) is 3. The molecule has 0 aliphatic heterocycles. The Morgan fingerprint density at radius 3 is 2.55 bits per heavy atom. The van der Waals surface area contributed by atoms with Crippen LogP contribution in [0.2, 0.25) is 0 Å². The molecule has 0 bridgehead atoms. The number of amides is 2. The van der Waals surface area contributed by atoms with Crippen molar-refractivity contribution in [3.8, 4) is 0 Å². The third-order valence-corrected chi connectivity index (χ3v) is 5.56. The Morgan fingerprint density at radius 1 is 1.14 bits per heavy atom. The lowest BCUT2D eigenvalue weighted by molar-refractivity contribution is -0.123. The smallest absolute Gasteiger partial charge is 0.243 e. The Kier molecular flexibility index (Phi) is 9.60. The van der Waals surface area contributed by atoms with Crippen LogP contribution in [0.25, 0.3) is 0 Å². The Morgan fingerprint density at radius 2 is 1.90 bits per heavy atom. The largest absolute Gasteiger partial charge is 0.353 e. The summed E-state index contributed by atoms with van der Waals surface area (Å²) in [4.78, 5) is 25.8. The van der Waals surface area contributed by atoms with Crippen LogP contribution in [-0.4, -0.2) is 30.4 Å². The average molecular weight is 414 g/mol. The fraction of sp³-hybridized carbons (Fsp3) is 0.391. The SMILES string of the molecule is CCCNC(=O)/C=C/[C@@H](NC(=O)[C@@H](N)Cc1cccs1)C(C)Cc1ccccc1. The van der Waals surface area contributed by atoms with Crippen molar-refractivity contribution in [3.05, 3.63) is 70.4 Å². The summed E-state index contributed by atoms with van der Waals surface area (Å²) in [6, 6.07) is 13.1. The fourth-order valence-corrected chi connectivity index (χ4v) is 3.77. The first kappa shape index (κ1) is 22.8. The van der Waals surface area contributed by atoms with Crippen molar-refractivity contribution < 1.29 is 9.59 Å². The van der Waals surface area contributed by atoms with Gasteiger partial charge in [-0.15, -0.1) is 11.3 Å². The maximum absolute atomic E-state index is 12.7. The third kappa shape index (κ3) is 8.21. The van der Waals surface area contributed by atoms with Crippen molar-refractivity contribution in [2.24, 2.45) is 11.7 Å². The highest BCUT2D eigenvalue weighted by molar-refractivity contribution is 7.09. The molecule has 2 amide bonds. The van der Waals surface area contributed by atoms with Gasteiger partial charge in [0.25, 0.3) is 0 Å². The van der Waals surface area contributed by atoms with Gasteiger partial charge in [0.05, 0.1) is 12.1 Å². The van der Waals surface area contributed by atoms with Crippen LogP contribution in [-0.2, 0) is 22.4 Å². The van der Waals surface area contributed by atoms with Gasteiger partial charge >= 0.3 is 0 Å². The van der Waals surface area contributed by atoms with Crippen LogP contribution in [0, 0.1) is 5.92 Å². The van der Waals surface area contributed by atoms with Gasteiger partial charge in [0, 0.05) is 23.9 Å². The van der Waals surface area contributed by atoms with E-state index in [0.29, 0.717) is 13.0 Å². The van der Waals surface area contributed by atoms with Crippen LogP contribution >= 0.6 is 11.3 Å². The number of rotatable bonds is 11. The minimum absolute atomic E-state index is 0.102. The van der Waals surface area contributed by atoms with Gasteiger partial charge in [-0.25, -0.2) is 0 Å². The van der Waals surface area contributed by atoms with E-state index in [0.717, 1.165) is 17.7 Å². The Labute approximate surface area is 177 Å². The van der Waals surface area contributed by atoms with Gasteiger partial charge in [-0.2, -0.15) is 0 Å². The molecule has 0 aliphatic carbocycles. The molecule has 0 saturated heterocycles. The molecule has 6 heteroatoms. The van der Waals surface area contributed by atoms with Gasteiger partial charge in [0.1, 0.15) is 0 Å². The number of benzene rings is 1. The number of nitrogens with two attached hydrogens (primary N) is 1. The molecule has 1 heterocycles. The molecule has 1 aromatic carbocycles. The number of thiophene rings is 1. The van der Waals surface area contributed by atoms with Gasteiger partial charge in [0.15, 0.2) is 0 Å². The quantitative estimate of drug-likeness (QED) is 0.495. The van der Waals surface area contributed by atoms with Gasteiger partial charge in [-0.3, -0.25) is 9.59 Å². The second kappa shape index (κ2) is 12.2. The molecule has 3 atom stereocenters. The van der Waals surface area contributed by atoms with Crippen molar-refractivity contribution in [2.45, 2.75) is 45.2 Å². The Bertz CT molecular complexity index is 775. The average Bonchev–Trinajstić information content (AvgIpc) is 3.22. The lowest BCUT2D eigenvalue weighted by Crippen LogP contribution is -2.48. The van der Waals surface area contributed by atoms with E-state index in [4.69, 9.17) is 5.73 Å². The highest BCUT2D eigenvalue weighted by Gasteiger charge is 2.22. The maximum atomic E-state index is 12.7. The van der Waals surface area contributed by atoms with Crippen LogP contribution in [0.3, 0.4) is 0 Å². The first-order chi connectivity index (χ1) is 14.0. The maximum Gasteiger partial charge on any atom is 0.243 e. The summed E-state index contributed by atoms with van der Waals surface area (Å²) in [7, 11) is 0.